The van der Waals surface area contributed by atoms with E-state index in [2.05, 4.69) is 16.0 Å². The highest BCUT2D eigenvalue weighted by Crippen LogP contribution is 2.26. The number of primary amides is 1. The van der Waals surface area contributed by atoms with Gasteiger partial charge in [0.1, 0.15) is 23.0 Å². The Hall–Kier alpha value is -7.56. The van der Waals surface area contributed by atoms with Crippen LogP contribution in [0.3, 0.4) is 0 Å². The smallest absolute Gasteiger partial charge is 0.255 e. The van der Waals surface area contributed by atoms with Crippen LogP contribution < -0.4 is 69.3 Å². The van der Waals surface area contributed by atoms with Gasteiger partial charge in [0.15, 0.2) is 23.1 Å². The number of hydrogen-bond acceptors (Lipinski definition) is 17. The Morgan fingerprint density at radius 3 is 0.914 bits per heavy atom. The van der Waals surface area contributed by atoms with Gasteiger partial charge in [0.25, 0.3) is 23.6 Å². The maximum Gasteiger partial charge on any atom is 0.255 e. The van der Waals surface area contributed by atoms with E-state index in [4.69, 9.17) is 53.3 Å². The summed E-state index contributed by atoms with van der Waals surface area (Å²) in [6.07, 6.45) is 5.47. The minimum atomic E-state index is -1.02. The molecule has 0 saturated carbocycles. The monoisotopic (exact) mass is 1120 g/mol. The zero-order chi connectivity index (χ0) is 59.4. The Labute approximate surface area is 474 Å². The number of amides is 4. The molecule has 4 aromatic carbocycles. The van der Waals surface area contributed by atoms with Crippen LogP contribution in [-0.4, -0.2) is 126 Å². The predicted molar refractivity (Wildman–Crippen MR) is 309 cm³/mol. The number of nitrogens with two attached hydrogens (primary N) is 6. The van der Waals surface area contributed by atoms with Crippen molar-refractivity contribution in [3.8, 4) is 23.0 Å². The third kappa shape index (κ3) is 20.5. The zero-order valence-electron chi connectivity index (χ0n) is 47.2. The highest BCUT2D eigenvalue weighted by atomic mass is 16.5. The van der Waals surface area contributed by atoms with E-state index in [1.165, 1.54) is 46.6 Å². The molecule has 0 fully saturated rings. The van der Waals surface area contributed by atoms with Gasteiger partial charge < -0.3 is 69.3 Å². The number of ether oxygens (including phenoxy) is 4. The molecule has 0 aliphatic heterocycles. The highest BCUT2D eigenvalue weighted by molar-refractivity contribution is 6.03. The molecular formula is C60H83N9O12. The van der Waals surface area contributed by atoms with Crippen LogP contribution >= 0.6 is 0 Å². The molecule has 4 atom stereocenters. The van der Waals surface area contributed by atoms with Crippen molar-refractivity contribution in [2.45, 2.75) is 127 Å². The quantitative estimate of drug-likeness (QED) is 0.0289. The van der Waals surface area contributed by atoms with Crippen LogP contribution in [0.5, 0.6) is 23.0 Å². The van der Waals surface area contributed by atoms with E-state index in [1.807, 2.05) is 0 Å². The minimum absolute atomic E-state index is 0.00612. The molecule has 0 aromatic heterocycles. The van der Waals surface area contributed by atoms with Crippen molar-refractivity contribution >= 4 is 46.8 Å². The van der Waals surface area contributed by atoms with E-state index < -0.39 is 47.8 Å². The summed E-state index contributed by atoms with van der Waals surface area (Å²) in [5.41, 5.74) is 37.0. The average molecular weight is 1120 g/mol. The number of carbonyl (C=O) groups is 8. The SMILES string of the molecule is COc1ccc(CC(=O)[C@@H](CCCCN)NC(=O)c2cc(CC(=O)[C@H](CCCCN)NC(=O)c3cc(CC(=O)[C@@H](CCCCN)NC(=O)c4cc(CC(=O)[C@@H](N)CCCCN)ccc4OC)ccc3OC)ccc2OC)cc1C(N)=O. The molecule has 4 rings (SSSR count). The first kappa shape index (κ1) is 66.0. The van der Waals surface area contributed by atoms with Gasteiger partial charge >= 0.3 is 0 Å². The molecule has 0 heterocycles. The standard InChI is InChI=1S/C60H83N9O12/c1-78-53-21-17-37(29-41(53)57(66)74)34-50(71)46(14-6-10-26-62)67-59(76)43-31-39(19-23-55(43)80-3)36-52(73)48(16-8-12-28-64)69-60(77)44-32-40(20-24-56(44)81-4)35-51(72)47(15-7-11-27-63)68-58(75)42-30-38(18-22-54(42)79-2)33-49(70)45(65)13-5-9-25-61/h17-24,29-32,45-48H,5-16,25-28,33-36,61-65H2,1-4H3,(H2,66,74)(H,67,76)(H,68,75)(H,69,77)/t45-,46+,47+,48-/m0/s1. The van der Waals surface area contributed by atoms with E-state index in [-0.39, 0.29) is 113 Å². The summed E-state index contributed by atoms with van der Waals surface area (Å²) in [7, 11) is 5.59. The largest absolute Gasteiger partial charge is 0.496 e. The van der Waals surface area contributed by atoms with E-state index in [1.54, 1.807) is 54.6 Å². The van der Waals surface area contributed by atoms with Crippen molar-refractivity contribution in [3.05, 3.63) is 117 Å². The van der Waals surface area contributed by atoms with Crippen LogP contribution in [0.1, 0.15) is 141 Å². The number of hydrogen-bond donors (Lipinski definition) is 9. The fraction of sp³-hybridized carbons (Fsp3) is 0.467. The summed E-state index contributed by atoms with van der Waals surface area (Å²) in [6, 6.07) is 15.2. The lowest BCUT2D eigenvalue weighted by molar-refractivity contribution is -0.121. The Kier molecular flexibility index (Phi) is 28.1. The molecule has 0 saturated heterocycles. The summed E-state index contributed by atoms with van der Waals surface area (Å²) >= 11 is 0. The topological polar surface area (TPSA) is 366 Å². The molecule has 0 aliphatic carbocycles. The number of unbranched alkanes of at least 4 members (excludes halogenated alkanes) is 4. The normalized spacial score (nSPS) is 12.5. The van der Waals surface area contributed by atoms with Crippen LogP contribution in [0.4, 0.5) is 0 Å². The van der Waals surface area contributed by atoms with Crippen LogP contribution in [0.2, 0.25) is 0 Å². The van der Waals surface area contributed by atoms with Gasteiger partial charge in [-0.3, -0.25) is 38.4 Å². The first-order valence-corrected chi connectivity index (χ1v) is 27.5. The molecule has 21 heteroatoms. The number of methoxy groups -OCH3 is 4. The Morgan fingerprint density at radius 2 is 0.642 bits per heavy atom. The average Bonchev–Trinajstić information content (AvgIpc) is 3.48. The molecule has 15 N–H and O–H groups in total. The summed E-state index contributed by atoms with van der Waals surface area (Å²) in [5, 5.41) is 8.61. The second kappa shape index (κ2) is 34.6. The minimum Gasteiger partial charge on any atom is -0.496 e. The maximum atomic E-state index is 14.3. The number of benzene rings is 4. The number of nitrogens with one attached hydrogen (secondary N) is 3. The second-order valence-corrected chi connectivity index (χ2v) is 19.9. The Balaban J connectivity index is 1.55. The van der Waals surface area contributed by atoms with Crippen molar-refractivity contribution in [3.63, 3.8) is 0 Å². The van der Waals surface area contributed by atoms with E-state index in [9.17, 15) is 38.4 Å². The Bertz CT molecular complexity index is 2790. The van der Waals surface area contributed by atoms with Gasteiger partial charge in [-0.1, -0.05) is 30.7 Å². The van der Waals surface area contributed by atoms with Gasteiger partial charge in [-0.05, 0) is 168 Å². The number of ketones is 4. The van der Waals surface area contributed by atoms with Gasteiger partial charge in [0, 0.05) is 25.7 Å². The van der Waals surface area contributed by atoms with Crippen LogP contribution in [0, 0.1) is 0 Å². The molecule has 0 unspecified atom stereocenters. The summed E-state index contributed by atoms with van der Waals surface area (Å²) in [4.78, 5) is 110. The van der Waals surface area contributed by atoms with Crippen molar-refractivity contribution < 1.29 is 57.3 Å². The molecule has 4 aromatic rings. The Morgan fingerprint density at radius 1 is 0.383 bits per heavy atom. The zero-order valence-corrected chi connectivity index (χ0v) is 47.2. The van der Waals surface area contributed by atoms with Gasteiger partial charge in [-0.25, -0.2) is 0 Å². The molecule has 440 valence electrons. The molecule has 21 nitrogen and oxygen atoms in total. The van der Waals surface area contributed by atoms with E-state index >= 15 is 0 Å². The summed E-state index contributed by atoms with van der Waals surface area (Å²) < 4.78 is 21.9. The summed E-state index contributed by atoms with van der Waals surface area (Å²) in [6.45, 7) is 1.60. The van der Waals surface area contributed by atoms with Crippen LogP contribution in [0.15, 0.2) is 72.8 Å². The van der Waals surface area contributed by atoms with E-state index in [0.717, 1.165) is 6.42 Å². The van der Waals surface area contributed by atoms with Crippen molar-refractivity contribution in [2.24, 2.45) is 34.4 Å². The molecule has 4 amide bonds. The molecule has 81 heavy (non-hydrogen) atoms. The fourth-order valence-corrected chi connectivity index (χ4v) is 9.29. The third-order valence-electron chi connectivity index (χ3n) is 13.9. The van der Waals surface area contributed by atoms with Crippen LogP contribution in [0.25, 0.3) is 0 Å². The molecule has 0 aliphatic rings. The highest BCUT2D eigenvalue weighted by Gasteiger charge is 2.29. The molecular weight excluding hydrogens is 1040 g/mol. The van der Waals surface area contributed by atoms with E-state index in [0.29, 0.717) is 99.8 Å². The van der Waals surface area contributed by atoms with Crippen molar-refractivity contribution in [1.29, 1.82) is 0 Å². The lowest BCUT2D eigenvalue weighted by Gasteiger charge is -2.21. The first-order valence-electron chi connectivity index (χ1n) is 27.5. The second-order valence-electron chi connectivity index (χ2n) is 19.9. The van der Waals surface area contributed by atoms with Crippen LogP contribution in [-0.2, 0) is 44.9 Å². The lowest BCUT2D eigenvalue weighted by atomic mass is 9.95. The first-order chi connectivity index (χ1) is 38.9. The number of carbonyl (C=O) groups excluding carboxylic acids is 8. The van der Waals surface area contributed by atoms with Gasteiger partial charge in [-0.2, -0.15) is 0 Å². The number of Topliss-reactive ketones (excluding diaryl/α,β-unsaturated/α-hetero) is 4. The molecule has 0 bridgehead atoms. The van der Waals surface area contributed by atoms with Gasteiger partial charge in [0.2, 0.25) is 0 Å². The lowest BCUT2D eigenvalue weighted by Crippen LogP contribution is -2.42. The maximum absolute atomic E-state index is 14.3. The molecule has 0 radical (unpaired) electrons. The summed E-state index contributed by atoms with van der Waals surface area (Å²) in [5.74, 6) is -2.98. The predicted octanol–water partition coefficient (Wildman–Crippen LogP) is 3.51. The third-order valence-corrected chi connectivity index (χ3v) is 13.9. The fourth-order valence-electron chi connectivity index (χ4n) is 9.29. The number of rotatable bonds is 39. The van der Waals surface area contributed by atoms with Crippen molar-refractivity contribution in [1.82, 2.24) is 16.0 Å². The van der Waals surface area contributed by atoms with Gasteiger partial charge in [-0.15, -0.1) is 0 Å². The van der Waals surface area contributed by atoms with Gasteiger partial charge in [0.05, 0.1) is 74.9 Å². The van der Waals surface area contributed by atoms with Crippen molar-refractivity contribution in [2.75, 3.05) is 54.6 Å². The molecule has 0 spiro atoms.